The number of nitrogens with zero attached hydrogens (tertiary/aromatic N) is 2. The fourth-order valence-electron chi connectivity index (χ4n) is 3.69. The zero-order chi connectivity index (χ0) is 15.0. The van der Waals surface area contributed by atoms with Crippen LogP contribution in [0.4, 0.5) is 5.69 Å². The molecule has 2 heterocycles. The number of fused-ring (bicyclic) bond motifs is 1. The molecule has 3 rings (SSSR count). The number of rotatable bonds is 2. The molecule has 0 spiro atoms. The molecule has 112 valence electrons. The zero-order valence-electron chi connectivity index (χ0n) is 11.7. The number of carboxylic acids is 1. The molecule has 2 fully saturated rings. The topological polar surface area (TPSA) is 96.5 Å². The Morgan fingerprint density at radius 1 is 1.33 bits per heavy atom. The summed E-state index contributed by atoms with van der Waals surface area (Å²) in [6.45, 7) is 0. The summed E-state index contributed by atoms with van der Waals surface area (Å²) < 4.78 is 0. The average Bonchev–Trinajstić information content (AvgIpc) is 2.86. The van der Waals surface area contributed by atoms with Gasteiger partial charge in [0.15, 0.2) is 5.69 Å². The lowest BCUT2D eigenvalue weighted by atomic mass is 9.84. The first-order chi connectivity index (χ1) is 10.1. The number of likely N-dealkylation sites (tertiary alicyclic amines) is 1. The average molecular weight is 289 g/mol. The summed E-state index contributed by atoms with van der Waals surface area (Å²) in [7, 11) is 0. The molecule has 1 aliphatic carbocycles. The predicted molar refractivity (Wildman–Crippen MR) is 76.6 cm³/mol. The Morgan fingerprint density at radius 2 is 2.10 bits per heavy atom. The molecule has 6 heteroatoms. The highest BCUT2D eigenvalue weighted by Gasteiger charge is 2.48. The maximum Gasteiger partial charge on any atom is 0.326 e. The van der Waals surface area contributed by atoms with E-state index in [9.17, 15) is 14.7 Å². The van der Waals surface area contributed by atoms with Gasteiger partial charge in [-0.1, -0.05) is 12.8 Å². The first-order valence-corrected chi connectivity index (χ1v) is 7.35. The van der Waals surface area contributed by atoms with Gasteiger partial charge >= 0.3 is 5.97 Å². The van der Waals surface area contributed by atoms with Crippen LogP contribution in [-0.2, 0) is 4.79 Å². The van der Waals surface area contributed by atoms with Crippen molar-refractivity contribution in [3.05, 3.63) is 24.0 Å². The Bertz CT molecular complexity index is 575. The number of aromatic nitrogens is 1. The van der Waals surface area contributed by atoms with Gasteiger partial charge in [-0.3, -0.25) is 4.79 Å². The molecule has 0 bridgehead atoms. The van der Waals surface area contributed by atoms with Gasteiger partial charge in [0.25, 0.3) is 5.91 Å². The summed E-state index contributed by atoms with van der Waals surface area (Å²) >= 11 is 0. The Labute approximate surface area is 123 Å². The summed E-state index contributed by atoms with van der Waals surface area (Å²) in [4.78, 5) is 29.9. The van der Waals surface area contributed by atoms with Crippen molar-refractivity contribution in [1.82, 2.24) is 9.88 Å². The van der Waals surface area contributed by atoms with E-state index in [1.807, 2.05) is 0 Å². The van der Waals surface area contributed by atoms with E-state index in [1.165, 1.54) is 11.1 Å². The molecule has 0 radical (unpaired) electrons. The van der Waals surface area contributed by atoms with Crippen LogP contribution in [0.1, 0.15) is 42.6 Å². The van der Waals surface area contributed by atoms with E-state index in [0.29, 0.717) is 12.1 Å². The fraction of sp³-hybridized carbons (Fsp3) is 0.533. The molecule has 2 aliphatic rings. The van der Waals surface area contributed by atoms with E-state index in [0.717, 1.165) is 25.7 Å². The van der Waals surface area contributed by atoms with E-state index < -0.39 is 12.0 Å². The highest BCUT2D eigenvalue weighted by atomic mass is 16.4. The monoisotopic (exact) mass is 289 g/mol. The van der Waals surface area contributed by atoms with E-state index in [-0.39, 0.29) is 23.6 Å². The minimum Gasteiger partial charge on any atom is -0.480 e. The molecular formula is C15H19N3O3. The van der Waals surface area contributed by atoms with Crippen LogP contribution in [0.15, 0.2) is 18.3 Å². The van der Waals surface area contributed by atoms with Crippen LogP contribution in [-0.4, -0.2) is 39.0 Å². The first-order valence-electron chi connectivity index (χ1n) is 7.35. The number of hydrogen-bond acceptors (Lipinski definition) is 4. The lowest BCUT2D eigenvalue weighted by Crippen LogP contribution is -2.46. The maximum atomic E-state index is 12.8. The maximum absolute atomic E-state index is 12.8. The lowest BCUT2D eigenvalue weighted by Gasteiger charge is -2.32. The number of carbonyl (C=O) groups is 2. The van der Waals surface area contributed by atoms with E-state index in [1.54, 1.807) is 12.1 Å². The van der Waals surface area contributed by atoms with Crippen molar-refractivity contribution in [3.63, 3.8) is 0 Å². The van der Waals surface area contributed by atoms with Gasteiger partial charge in [0.2, 0.25) is 0 Å². The Hall–Kier alpha value is -2.11. The summed E-state index contributed by atoms with van der Waals surface area (Å²) in [5.74, 6) is -1.00. The van der Waals surface area contributed by atoms with Crippen molar-refractivity contribution in [1.29, 1.82) is 0 Å². The minimum atomic E-state index is -0.938. The molecule has 1 saturated heterocycles. The van der Waals surface area contributed by atoms with Gasteiger partial charge in [0.05, 0.1) is 5.69 Å². The Balaban J connectivity index is 1.95. The van der Waals surface area contributed by atoms with Gasteiger partial charge in [-0.25, -0.2) is 9.78 Å². The number of nitrogen functional groups attached to an aromatic ring is 1. The van der Waals surface area contributed by atoms with Crippen LogP contribution in [0.3, 0.4) is 0 Å². The molecule has 3 atom stereocenters. The van der Waals surface area contributed by atoms with Gasteiger partial charge in [0, 0.05) is 12.2 Å². The van der Waals surface area contributed by atoms with Crippen LogP contribution in [0.2, 0.25) is 0 Å². The van der Waals surface area contributed by atoms with Crippen molar-refractivity contribution in [3.8, 4) is 0 Å². The fourth-order valence-corrected chi connectivity index (χ4v) is 3.69. The second kappa shape index (κ2) is 5.35. The lowest BCUT2D eigenvalue weighted by molar-refractivity contribution is -0.141. The standard InChI is InChI=1S/C15H19N3O3/c16-10-5-3-7-17-13(10)14(19)18-11-6-2-1-4-9(11)8-12(18)15(20)21/h3,5,7,9,11-12H,1-2,4,6,8,16H2,(H,20,21). The third kappa shape index (κ3) is 2.34. The number of hydrogen-bond donors (Lipinski definition) is 2. The van der Waals surface area contributed by atoms with Crippen LogP contribution < -0.4 is 5.73 Å². The molecule has 0 aromatic carbocycles. The van der Waals surface area contributed by atoms with Crippen LogP contribution >= 0.6 is 0 Å². The first kappa shape index (κ1) is 13.9. The molecule has 1 aliphatic heterocycles. The molecule has 1 saturated carbocycles. The number of carbonyl (C=O) groups excluding carboxylic acids is 1. The molecule has 3 N–H and O–H groups in total. The van der Waals surface area contributed by atoms with Crippen molar-refractivity contribution >= 4 is 17.6 Å². The summed E-state index contributed by atoms with van der Waals surface area (Å²) in [5.41, 5.74) is 6.28. The predicted octanol–water partition coefficient (Wildman–Crippen LogP) is 1.52. The van der Waals surface area contributed by atoms with Crippen LogP contribution in [0.25, 0.3) is 0 Å². The molecular weight excluding hydrogens is 270 g/mol. The third-order valence-electron chi connectivity index (χ3n) is 4.65. The molecule has 1 aromatic heterocycles. The quantitative estimate of drug-likeness (QED) is 0.860. The second-order valence-corrected chi connectivity index (χ2v) is 5.86. The third-order valence-corrected chi connectivity index (χ3v) is 4.65. The highest BCUT2D eigenvalue weighted by Crippen LogP contribution is 2.40. The molecule has 6 nitrogen and oxygen atoms in total. The van der Waals surface area contributed by atoms with Crippen LogP contribution in [0, 0.1) is 5.92 Å². The normalized spacial score (nSPS) is 28.2. The second-order valence-electron chi connectivity index (χ2n) is 5.86. The molecule has 3 unspecified atom stereocenters. The SMILES string of the molecule is Nc1cccnc1C(=O)N1C(C(=O)O)CC2CCCCC21. The molecule has 21 heavy (non-hydrogen) atoms. The number of nitrogens with two attached hydrogens (primary N) is 1. The van der Waals surface area contributed by atoms with Crippen molar-refractivity contribution in [2.24, 2.45) is 5.92 Å². The number of carboxylic acid groups (broad SMARTS) is 1. The van der Waals surface area contributed by atoms with E-state index in [2.05, 4.69) is 4.98 Å². The van der Waals surface area contributed by atoms with Gasteiger partial charge in [-0.15, -0.1) is 0 Å². The van der Waals surface area contributed by atoms with E-state index in [4.69, 9.17) is 5.73 Å². The van der Waals surface area contributed by atoms with Gasteiger partial charge in [0.1, 0.15) is 6.04 Å². The van der Waals surface area contributed by atoms with Crippen molar-refractivity contribution < 1.29 is 14.7 Å². The van der Waals surface area contributed by atoms with Crippen molar-refractivity contribution in [2.45, 2.75) is 44.2 Å². The minimum absolute atomic E-state index is 0.00811. The smallest absolute Gasteiger partial charge is 0.326 e. The van der Waals surface area contributed by atoms with Gasteiger partial charge in [-0.05, 0) is 37.3 Å². The molecule has 1 aromatic rings. The van der Waals surface area contributed by atoms with Crippen LogP contribution in [0.5, 0.6) is 0 Å². The number of amides is 1. The van der Waals surface area contributed by atoms with Gasteiger partial charge in [-0.2, -0.15) is 0 Å². The summed E-state index contributed by atoms with van der Waals surface area (Å²) in [5, 5.41) is 9.45. The van der Waals surface area contributed by atoms with Gasteiger partial charge < -0.3 is 15.7 Å². The molecule has 1 amide bonds. The summed E-state index contributed by atoms with van der Waals surface area (Å²) in [6.07, 6.45) is 6.06. The number of aliphatic carboxylic acids is 1. The largest absolute Gasteiger partial charge is 0.480 e. The Morgan fingerprint density at radius 3 is 2.81 bits per heavy atom. The van der Waals surface area contributed by atoms with Crippen molar-refractivity contribution in [2.75, 3.05) is 5.73 Å². The number of anilines is 1. The number of pyridine rings is 1. The Kier molecular flexibility index (Phi) is 3.53. The summed E-state index contributed by atoms with van der Waals surface area (Å²) in [6, 6.07) is 2.53. The highest BCUT2D eigenvalue weighted by molar-refractivity contribution is 5.99. The van der Waals surface area contributed by atoms with E-state index >= 15 is 0 Å². The zero-order valence-corrected chi connectivity index (χ0v) is 11.7.